The predicted molar refractivity (Wildman–Crippen MR) is 94.8 cm³/mol. The monoisotopic (exact) mass is 330 g/mol. The number of Topliss-reactive ketones (excluding diaryl/α,β-unsaturated/α-hetero) is 1. The molecule has 4 heteroatoms. The summed E-state index contributed by atoms with van der Waals surface area (Å²) in [5.74, 6) is 0.324. The number of carbonyl (C=O) groups excluding carboxylic acids is 1. The van der Waals surface area contributed by atoms with Gasteiger partial charge < -0.3 is 14.2 Å². The van der Waals surface area contributed by atoms with E-state index in [0.717, 1.165) is 19.4 Å². The molecule has 0 bridgehead atoms. The fraction of sp³-hybridized carbons (Fsp3) is 0.947. The summed E-state index contributed by atoms with van der Waals surface area (Å²) < 4.78 is 16.4. The van der Waals surface area contributed by atoms with Crippen molar-refractivity contribution >= 4 is 5.78 Å². The van der Waals surface area contributed by atoms with Crippen molar-refractivity contribution < 1.29 is 19.0 Å². The van der Waals surface area contributed by atoms with E-state index in [9.17, 15) is 4.79 Å². The molecular formula is C19H38O4. The molecule has 0 saturated carbocycles. The minimum absolute atomic E-state index is 0.0841. The number of ketones is 1. The highest BCUT2D eigenvalue weighted by atomic mass is 16.5. The molecule has 0 aliphatic rings. The molecule has 0 aromatic carbocycles. The van der Waals surface area contributed by atoms with Crippen LogP contribution in [0.5, 0.6) is 0 Å². The second kappa shape index (κ2) is 12.0. The first-order chi connectivity index (χ1) is 10.6. The van der Waals surface area contributed by atoms with Gasteiger partial charge in [0.2, 0.25) is 0 Å². The fourth-order valence-corrected chi connectivity index (χ4v) is 1.97. The van der Waals surface area contributed by atoms with Crippen LogP contribution in [0.4, 0.5) is 0 Å². The van der Waals surface area contributed by atoms with E-state index in [4.69, 9.17) is 14.2 Å². The average Bonchev–Trinajstić information content (AvgIpc) is 2.36. The van der Waals surface area contributed by atoms with Gasteiger partial charge in [0.1, 0.15) is 5.78 Å². The zero-order valence-corrected chi connectivity index (χ0v) is 16.2. The molecule has 4 nitrogen and oxygen atoms in total. The summed E-state index contributed by atoms with van der Waals surface area (Å²) in [6, 6.07) is 0. The van der Waals surface area contributed by atoms with Crippen molar-refractivity contribution in [2.45, 2.75) is 67.2 Å². The highest BCUT2D eigenvalue weighted by molar-refractivity contribution is 5.78. The van der Waals surface area contributed by atoms with Crippen LogP contribution in [0.2, 0.25) is 0 Å². The molecule has 0 heterocycles. The molecule has 0 radical (unpaired) electrons. The minimum Gasteiger partial charge on any atom is -0.379 e. The van der Waals surface area contributed by atoms with E-state index < -0.39 is 0 Å². The molecular weight excluding hydrogens is 292 g/mol. The fourth-order valence-electron chi connectivity index (χ4n) is 1.97. The minimum atomic E-state index is 0.0841. The van der Waals surface area contributed by atoms with E-state index in [1.165, 1.54) is 0 Å². The van der Waals surface area contributed by atoms with Crippen molar-refractivity contribution in [3.8, 4) is 0 Å². The van der Waals surface area contributed by atoms with Crippen molar-refractivity contribution in [1.82, 2.24) is 0 Å². The molecule has 0 aliphatic carbocycles. The molecule has 0 aromatic heterocycles. The number of carbonyl (C=O) groups is 1. The molecule has 0 fully saturated rings. The SMILES string of the molecule is CC(C)(C)CCOCCOCCOCCCC(=O)CC(C)(C)C. The summed E-state index contributed by atoms with van der Waals surface area (Å²) in [5, 5.41) is 0. The van der Waals surface area contributed by atoms with Crippen molar-refractivity contribution in [3.05, 3.63) is 0 Å². The van der Waals surface area contributed by atoms with E-state index in [-0.39, 0.29) is 5.41 Å². The molecule has 0 saturated heterocycles. The van der Waals surface area contributed by atoms with Gasteiger partial charge in [0, 0.05) is 26.1 Å². The Labute approximate surface area is 143 Å². The van der Waals surface area contributed by atoms with Gasteiger partial charge in [-0.15, -0.1) is 0 Å². The lowest BCUT2D eigenvalue weighted by Crippen LogP contribution is -2.14. The molecule has 0 aliphatic heterocycles. The summed E-state index contributed by atoms with van der Waals surface area (Å²) >= 11 is 0. The van der Waals surface area contributed by atoms with Crippen LogP contribution in [0.25, 0.3) is 0 Å². The Balaban J connectivity index is 3.24. The lowest BCUT2D eigenvalue weighted by Gasteiger charge is -2.17. The molecule has 0 amide bonds. The Morgan fingerprint density at radius 3 is 1.65 bits per heavy atom. The first-order valence-corrected chi connectivity index (χ1v) is 8.85. The first-order valence-electron chi connectivity index (χ1n) is 8.85. The highest BCUT2D eigenvalue weighted by Gasteiger charge is 2.15. The third-order valence-electron chi connectivity index (χ3n) is 3.21. The zero-order valence-electron chi connectivity index (χ0n) is 16.2. The molecule has 0 unspecified atom stereocenters. The van der Waals surface area contributed by atoms with Crippen LogP contribution in [0, 0.1) is 10.8 Å². The van der Waals surface area contributed by atoms with Gasteiger partial charge in [0.05, 0.1) is 26.4 Å². The van der Waals surface area contributed by atoms with E-state index in [2.05, 4.69) is 41.5 Å². The van der Waals surface area contributed by atoms with Crippen LogP contribution >= 0.6 is 0 Å². The quantitative estimate of drug-likeness (QED) is 0.473. The van der Waals surface area contributed by atoms with Crippen LogP contribution in [0.3, 0.4) is 0 Å². The second-order valence-electron chi connectivity index (χ2n) is 8.53. The molecule has 0 spiro atoms. The van der Waals surface area contributed by atoms with E-state index in [1.807, 2.05) is 0 Å². The maximum atomic E-state index is 11.7. The summed E-state index contributed by atoms with van der Waals surface area (Å²) in [6.07, 6.45) is 3.11. The normalized spacial score (nSPS) is 12.6. The Bertz CT molecular complexity index is 299. The van der Waals surface area contributed by atoms with E-state index in [0.29, 0.717) is 57.1 Å². The molecule has 23 heavy (non-hydrogen) atoms. The highest BCUT2D eigenvalue weighted by Crippen LogP contribution is 2.20. The number of ether oxygens (including phenoxy) is 3. The molecule has 0 N–H and O–H groups in total. The van der Waals surface area contributed by atoms with Gasteiger partial charge in [-0.2, -0.15) is 0 Å². The molecule has 0 rings (SSSR count). The Hall–Kier alpha value is -0.450. The summed E-state index contributed by atoms with van der Waals surface area (Å²) in [5.41, 5.74) is 0.406. The van der Waals surface area contributed by atoms with Gasteiger partial charge in [-0.1, -0.05) is 41.5 Å². The van der Waals surface area contributed by atoms with Crippen LogP contribution in [-0.2, 0) is 19.0 Å². The predicted octanol–water partition coefficient (Wildman–Crippen LogP) is 4.26. The van der Waals surface area contributed by atoms with Gasteiger partial charge in [0.25, 0.3) is 0 Å². The number of rotatable bonds is 13. The average molecular weight is 331 g/mol. The topological polar surface area (TPSA) is 44.8 Å². The lowest BCUT2D eigenvalue weighted by atomic mass is 9.89. The van der Waals surface area contributed by atoms with Crippen LogP contribution < -0.4 is 0 Å². The number of hydrogen-bond acceptors (Lipinski definition) is 4. The van der Waals surface area contributed by atoms with Gasteiger partial charge in [-0.05, 0) is 23.7 Å². The molecule has 138 valence electrons. The molecule has 0 aromatic rings. The second-order valence-corrected chi connectivity index (χ2v) is 8.53. The zero-order chi connectivity index (χ0) is 17.8. The van der Waals surface area contributed by atoms with Crippen LogP contribution in [0.15, 0.2) is 0 Å². The van der Waals surface area contributed by atoms with Crippen molar-refractivity contribution in [3.63, 3.8) is 0 Å². The third kappa shape index (κ3) is 19.5. The Morgan fingerprint density at radius 1 is 0.696 bits per heavy atom. The Morgan fingerprint density at radius 2 is 1.17 bits per heavy atom. The largest absolute Gasteiger partial charge is 0.379 e. The van der Waals surface area contributed by atoms with Crippen molar-refractivity contribution in [2.24, 2.45) is 10.8 Å². The lowest BCUT2D eigenvalue weighted by molar-refractivity contribution is -0.121. The van der Waals surface area contributed by atoms with E-state index >= 15 is 0 Å². The standard InChI is InChI=1S/C19H38O4/c1-18(2,3)9-11-22-13-15-23-14-12-21-10-7-8-17(20)16-19(4,5)6/h7-16H2,1-6H3. The van der Waals surface area contributed by atoms with E-state index in [1.54, 1.807) is 0 Å². The maximum Gasteiger partial charge on any atom is 0.133 e. The van der Waals surface area contributed by atoms with Gasteiger partial charge in [-0.3, -0.25) is 4.79 Å². The summed E-state index contributed by atoms with van der Waals surface area (Å²) in [6.45, 7) is 16.7. The van der Waals surface area contributed by atoms with Gasteiger partial charge in [-0.25, -0.2) is 0 Å². The van der Waals surface area contributed by atoms with Gasteiger partial charge >= 0.3 is 0 Å². The number of hydrogen-bond donors (Lipinski definition) is 0. The van der Waals surface area contributed by atoms with Gasteiger partial charge in [0.15, 0.2) is 0 Å². The van der Waals surface area contributed by atoms with Crippen LogP contribution in [-0.4, -0.2) is 45.4 Å². The molecule has 0 atom stereocenters. The first kappa shape index (κ1) is 22.6. The summed E-state index contributed by atoms with van der Waals surface area (Å²) in [7, 11) is 0. The summed E-state index contributed by atoms with van der Waals surface area (Å²) in [4.78, 5) is 11.7. The maximum absolute atomic E-state index is 11.7. The van der Waals surface area contributed by atoms with Crippen LogP contribution in [0.1, 0.15) is 67.2 Å². The smallest absolute Gasteiger partial charge is 0.133 e. The van der Waals surface area contributed by atoms with Crippen molar-refractivity contribution in [1.29, 1.82) is 0 Å². The van der Waals surface area contributed by atoms with Crippen molar-refractivity contribution in [2.75, 3.05) is 39.6 Å². The third-order valence-corrected chi connectivity index (χ3v) is 3.21. The Kier molecular flexibility index (Phi) is 11.8.